The van der Waals surface area contributed by atoms with Crippen molar-refractivity contribution in [2.45, 2.75) is 51.1 Å². The summed E-state index contributed by atoms with van der Waals surface area (Å²) in [6.45, 7) is 3.45. The zero-order chi connectivity index (χ0) is 26.0. The first-order valence-electron chi connectivity index (χ1n) is 13.2. The normalized spacial score (nSPS) is 14.3. The van der Waals surface area contributed by atoms with E-state index in [4.69, 9.17) is 9.47 Å². The maximum atomic E-state index is 14.0. The van der Waals surface area contributed by atoms with E-state index < -0.39 is 6.04 Å². The van der Waals surface area contributed by atoms with Crippen molar-refractivity contribution in [1.29, 1.82) is 0 Å². The smallest absolute Gasteiger partial charge is 0.271 e. The van der Waals surface area contributed by atoms with Gasteiger partial charge in [0.1, 0.15) is 17.5 Å². The topological polar surface area (TPSA) is 83.7 Å². The minimum Gasteiger partial charge on any atom is -0.497 e. The standard InChI is InChI=1S/C30H37N3O4/c1-3-37-21-9-20-33(30(35)27-19-18-26(32-27)22-10-5-4-6-11-22)28(23-14-16-25(36-2)17-15-23)29(34)31-24-12-7-8-13-24/h4-6,10-11,14-19,24,28,32H,3,7-9,12-13,20-21H2,1-2H3,(H,31,34). The van der Waals surface area contributed by atoms with E-state index in [-0.39, 0.29) is 17.9 Å². The number of hydrogen-bond donors (Lipinski definition) is 2. The molecule has 1 fully saturated rings. The highest BCUT2D eigenvalue weighted by Gasteiger charge is 2.34. The van der Waals surface area contributed by atoms with E-state index in [0.717, 1.165) is 42.5 Å². The van der Waals surface area contributed by atoms with Crippen LogP contribution in [-0.2, 0) is 9.53 Å². The molecule has 2 aromatic carbocycles. The first kappa shape index (κ1) is 26.5. The van der Waals surface area contributed by atoms with Crippen LogP contribution in [0.5, 0.6) is 5.75 Å². The van der Waals surface area contributed by atoms with Gasteiger partial charge in [-0.1, -0.05) is 55.3 Å². The molecule has 0 spiro atoms. The second-order valence-corrected chi connectivity index (χ2v) is 9.37. The van der Waals surface area contributed by atoms with Crippen LogP contribution in [0.1, 0.15) is 61.1 Å². The van der Waals surface area contributed by atoms with Crippen LogP contribution in [-0.4, -0.2) is 54.6 Å². The number of rotatable bonds is 12. The number of amides is 2. The fourth-order valence-corrected chi connectivity index (χ4v) is 4.90. The lowest BCUT2D eigenvalue weighted by Crippen LogP contribution is -2.46. The Bertz CT molecular complexity index is 1140. The minimum absolute atomic E-state index is 0.142. The van der Waals surface area contributed by atoms with Crippen LogP contribution in [0, 0.1) is 0 Å². The molecule has 3 aromatic rings. The Morgan fingerprint density at radius 1 is 1.03 bits per heavy atom. The van der Waals surface area contributed by atoms with Crippen molar-refractivity contribution in [3.63, 3.8) is 0 Å². The molecule has 0 bridgehead atoms. The van der Waals surface area contributed by atoms with Crippen molar-refractivity contribution in [1.82, 2.24) is 15.2 Å². The number of nitrogens with zero attached hydrogens (tertiary/aromatic N) is 1. The van der Waals surface area contributed by atoms with Gasteiger partial charge in [0.25, 0.3) is 5.91 Å². The first-order valence-corrected chi connectivity index (χ1v) is 13.2. The summed E-state index contributed by atoms with van der Waals surface area (Å²) in [6.07, 6.45) is 4.78. The molecule has 37 heavy (non-hydrogen) atoms. The molecular weight excluding hydrogens is 466 g/mol. The molecular formula is C30H37N3O4. The number of ether oxygens (including phenoxy) is 2. The lowest BCUT2D eigenvalue weighted by Gasteiger charge is -2.32. The van der Waals surface area contributed by atoms with Gasteiger partial charge in [0.15, 0.2) is 0 Å². The quantitative estimate of drug-likeness (QED) is 0.326. The van der Waals surface area contributed by atoms with E-state index >= 15 is 0 Å². The third-order valence-electron chi connectivity index (χ3n) is 6.85. The van der Waals surface area contributed by atoms with Gasteiger partial charge in [-0.05, 0) is 61.6 Å². The van der Waals surface area contributed by atoms with Gasteiger partial charge in [-0.15, -0.1) is 0 Å². The third kappa shape index (κ3) is 6.80. The summed E-state index contributed by atoms with van der Waals surface area (Å²) in [5.74, 6) is 0.322. The number of nitrogens with one attached hydrogen (secondary N) is 2. The van der Waals surface area contributed by atoms with Gasteiger partial charge in [-0.3, -0.25) is 9.59 Å². The Morgan fingerprint density at radius 2 is 1.76 bits per heavy atom. The first-order chi connectivity index (χ1) is 18.1. The van der Waals surface area contributed by atoms with Crippen LogP contribution in [0.2, 0.25) is 0 Å². The molecule has 1 aliphatic rings. The van der Waals surface area contributed by atoms with E-state index in [1.165, 1.54) is 0 Å². The van der Waals surface area contributed by atoms with Crippen LogP contribution < -0.4 is 10.1 Å². The van der Waals surface area contributed by atoms with Crippen molar-refractivity contribution in [2.24, 2.45) is 0 Å². The second-order valence-electron chi connectivity index (χ2n) is 9.37. The summed E-state index contributed by atoms with van der Waals surface area (Å²) in [6, 6.07) is 20.3. The predicted molar refractivity (Wildman–Crippen MR) is 145 cm³/mol. The summed E-state index contributed by atoms with van der Waals surface area (Å²) in [5.41, 5.74) is 3.04. The van der Waals surface area contributed by atoms with Crippen LogP contribution in [0.3, 0.4) is 0 Å². The summed E-state index contributed by atoms with van der Waals surface area (Å²) in [5, 5.41) is 3.22. The maximum Gasteiger partial charge on any atom is 0.271 e. The average molecular weight is 504 g/mol. The highest BCUT2D eigenvalue weighted by atomic mass is 16.5. The molecule has 7 heteroatoms. The van der Waals surface area contributed by atoms with Crippen LogP contribution in [0.15, 0.2) is 66.7 Å². The average Bonchev–Trinajstić information content (AvgIpc) is 3.63. The molecule has 0 aliphatic heterocycles. The van der Waals surface area contributed by atoms with E-state index in [2.05, 4.69) is 10.3 Å². The zero-order valence-corrected chi connectivity index (χ0v) is 21.7. The number of methoxy groups -OCH3 is 1. The van der Waals surface area contributed by atoms with Gasteiger partial charge in [0.05, 0.1) is 7.11 Å². The lowest BCUT2D eigenvalue weighted by atomic mass is 10.0. The highest BCUT2D eigenvalue weighted by Crippen LogP contribution is 2.28. The van der Waals surface area contributed by atoms with E-state index in [1.54, 1.807) is 18.1 Å². The summed E-state index contributed by atoms with van der Waals surface area (Å²) in [4.78, 5) is 32.7. The number of hydrogen-bond acceptors (Lipinski definition) is 4. The monoisotopic (exact) mass is 503 g/mol. The molecule has 1 heterocycles. The van der Waals surface area contributed by atoms with Crippen LogP contribution in [0.25, 0.3) is 11.3 Å². The Hall–Kier alpha value is -3.58. The molecule has 1 unspecified atom stereocenters. The number of carbonyl (C=O) groups is 2. The predicted octanol–water partition coefficient (Wildman–Crippen LogP) is 5.36. The van der Waals surface area contributed by atoms with Crippen molar-refractivity contribution in [2.75, 3.05) is 26.9 Å². The lowest BCUT2D eigenvalue weighted by molar-refractivity contribution is -0.126. The number of carbonyl (C=O) groups excluding carboxylic acids is 2. The van der Waals surface area contributed by atoms with Gasteiger partial charge in [-0.25, -0.2) is 0 Å². The van der Waals surface area contributed by atoms with Gasteiger partial charge in [-0.2, -0.15) is 0 Å². The summed E-state index contributed by atoms with van der Waals surface area (Å²) >= 11 is 0. The molecule has 1 aromatic heterocycles. The zero-order valence-electron chi connectivity index (χ0n) is 21.7. The Kier molecular flexibility index (Phi) is 9.38. The molecule has 1 atom stereocenters. The molecule has 1 aliphatic carbocycles. The fraction of sp³-hybridized carbons (Fsp3) is 0.400. The largest absolute Gasteiger partial charge is 0.497 e. The Labute approximate surface area is 219 Å². The maximum absolute atomic E-state index is 14.0. The van der Waals surface area contributed by atoms with Gasteiger partial charge >= 0.3 is 0 Å². The van der Waals surface area contributed by atoms with Crippen molar-refractivity contribution < 1.29 is 19.1 Å². The highest BCUT2D eigenvalue weighted by molar-refractivity contribution is 5.97. The van der Waals surface area contributed by atoms with Crippen molar-refractivity contribution in [3.05, 3.63) is 78.0 Å². The van der Waals surface area contributed by atoms with E-state index in [1.807, 2.05) is 67.6 Å². The van der Waals surface area contributed by atoms with Gasteiger partial charge in [0, 0.05) is 31.5 Å². The number of benzene rings is 2. The Morgan fingerprint density at radius 3 is 2.43 bits per heavy atom. The summed E-state index contributed by atoms with van der Waals surface area (Å²) < 4.78 is 10.9. The molecule has 1 saturated carbocycles. The van der Waals surface area contributed by atoms with Crippen LogP contribution in [0.4, 0.5) is 0 Å². The van der Waals surface area contributed by atoms with E-state index in [0.29, 0.717) is 37.6 Å². The van der Waals surface area contributed by atoms with Crippen molar-refractivity contribution in [3.8, 4) is 17.0 Å². The van der Waals surface area contributed by atoms with E-state index in [9.17, 15) is 9.59 Å². The Balaban J connectivity index is 1.66. The fourth-order valence-electron chi connectivity index (χ4n) is 4.90. The second kappa shape index (κ2) is 13.1. The van der Waals surface area contributed by atoms with Crippen molar-refractivity contribution >= 4 is 11.8 Å². The molecule has 2 N–H and O–H groups in total. The summed E-state index contributed by atoms with van der Waals surface area (Å²) in [7, 11) is 1.61. The number of H-pyrrole nitrogens is 1. The third-order valence-corrected chi connectivity index (χ3v) is 6.85. The number of aromatic nitrogens is 1. The molecule has 0 saturated heterocycles. The van der Waals surface area contributed by atoms with Gasteiger partial charge < -0.3 is 24.7 Å². The molecule has 196 valence electrons. The molecule has 4 rings (SSSR count). The van der Waals surface area contributed by atoms with Gasteiger partial charge in [0.2, 0.25) is 5.91 Å². The molecule has 7 nitrogen and oxygen atoms in total. The van der Waals surface area contributed by atoms with Crippen LogP contribution >= 0.6 is 0 Å². The number of aromatic amines is 1. The molecule has 0 radical (unpaired) electrons. The SMILES string of the molecule is CCOCCCN(C(=O)c1ccc(-c2ccccc2)[nH]1)C(C(=O)NC1CCCC1)c1ccc(OC)cc1. The molecule has 2 amide bonds. The minimum atomic E-state index is -0.774.